The van der Waals surface area contributed by atoms with Crippen LogP contribution >= 0.6 is 0 Å². The molecule has 2 heterocycles. The summed E-state index contributed by atoms with van der Waals surface area (Å²) in [5.41, 5.74) is 0. The van der Waals surface area contributed by atoms with E-state index in [9.17, 15) is 4.79 Å². The molecule has 2 rings (SSSR count). The zero-order chi connectivity index (χ0) is 12.8. The number of hydrogen-bond acceptors (Lipinski definition) is 4. The number of β-amino-alcohol motifs (C(OH)–C–C–N with tert-alkyl or cyclic N) is 1. The Morgan fingerprint density at radius 3 is 2.72 bits per heavy atom. The molecule has 1 amide bonds. The largest absolute Gasteiger partial charge is 0.469 e. The molecule has 1 aliphatic heterocycles. The molecule has 1 fully saturated rings. The summed E-state index contributed by atoms with van der Waals surface area (Å²) in [6.07, 6.45) is 2.81. The smallest absolute Gasteiger partial charge is 0.223 e. The van der Waals surface area contributed by atoms with Crippen LogP contribution in [-0.2, 0) is 11.2 Å². The lowest BCUT2D eigenvalue weighted by atomic mass is 10.2. The first kappa shape index (κ1) is 13.1. The first-order valence-corrected chi connectivity index (χ1v) is 6.43. The molecule has 1 N–H and O–H groups in total. The van der Waals surface area contributed by atoms with E-state index in [1.807, 2.05) is 17.0 Å². The molecule has 0 bridgehead atoms. The van der Waals surface area contributed by atoms with Crippen molar-refractivity contribution in [2.75, 3.05) is 39.3 Å². The second-order valence-electron chi connectivity index (χ2n) is 4.53. The molecule has 100 valence electrons. The number of nitrogens with zero attached hydrogens (tertiary/aromatic N) is 2. The van der Waals surface area contributed by atoms with Gasteiger partial charge in [0.25, 0.3) is 0 Å². The number of amides is 1. The van der Waals surface area contributed by atoms with Crippen molar-refractivity contribution in [3.63, 3.8) is 0 Å². The highest BCUT2D eigenvalue weighted by Crippen LogP contribution is 2.08. The Kier molecular flexibility index (Phi) is 4.78. The van der Waals surface area contributed by atoms with Crippen molar-refractivity contribution in [3.05, 3.63) is 24.2 Å². The highest BCUT2D eigenvalue weighted by molar-refractivity contribution is 5.76. The van der Waals surface area contributed by atoms with Crippen molar-refractivity contribution in [2.45, 2.75) is 12.8 Å². The number of hydrogen-bond donors (Lipinski definition) is 1. The van der Waals surface area contributed by atoms with E-state index in [-0.39, 0.29) is 12.5 Å². The fraction of sp³-hybridized carbons (Fsp3) is 0.615. The number of furan rings is 1. The predicted molar refractivity (Wildman–Crippen MR) is 67.1 cm³/mol. The molecular formula is C13H20N2O3. The van der Waals surface area contributed by atoms with Crippen LogP contribution in [0.15, 0.2) is 22.8 Å². The second kappa shape index (κ2) is 6.56. The van der Waals surface area contributed by atoms with Crippen molar-refractivity contribution >= 4 is 5.91 Å². The van der Waals surface area contributed by atoms with E-state index in [1.165, 1.54) is 0 Å². The first-order valence-electron chi connectivity index (χ1n) is 6.43. The highest BCUT2D eigenvalue weighted by atomic mass is 16.3. The van der Waals surface area contributed by atoms with E-state index in [4.69, 9.17) is 9.52 Å². The van der Waals surface area contributed by atoms with Crippen LogP contribution in [0.5, 0.6) is 0 Å². The second-order valence-corrected chi connectivity index (χ2v) is 4.53. The number of rotatable bonds is 5. The van der Waals surface area contributed by atoms with Crippen molar-refractivity contribution < 1.29 is 14.3 Å². The summed E-state index contributed by atoms with van der Waals surface area (Å²) in [4.78, 5) is 16.1. The molecule has 1 aromatic rings. The topological polar surface area (TPSA) is 56.9 Å². The summed E-state index contributed by atoms with van der Waals surface area (Å²) in [7, 11) is 0. The van der Waals surface area contributed by atoms with Crippen LogP contribution in [0.4, 0.5) is 0 Å². The standard InChI is InChI=1S/C13H20N2O3/c16-10-9-14-5-7-15(8-6-14)13(17)4-3-12-2-1-11-18-12/h1-2,11,16H,3-10H2. The lowest BCUT2D eigenvalue weighted by Gasteiger charge is -2.34. The minimum Gasteiger partial charge on any atom is -0.469 e. The van der Waals surface area contributed by atoms with Crippen LogP contribution in [-0.4, -0.2) is 60.1 Å². The van der Waals surface area contributed by atoms with Gasteiger partial charge in [-0.05, 0) is 12.1 Å². The molecule has 1 saturated heterocycles. The van der Waals surface area contributed by atoms with Gasteiger partial charge in [-0.25, -0.2) is 0 Å². The third kappa shape index (κ3) is 3.58. The van der Waals surface area contributed by atoms with Gasteiger partial charge in [0.1, 0.15) is 5.76 Å². The van der Waals surface area contributed by atoms with Crippen molar-refractivity contribution in [3.8, 4) is 0 Å². The average molecular weight is 252 g/mol. The summed E-state index contributed by atoms with van der Waals surface area (Å²) < 4.78 is 5.21. The van der Waals surface area contributed by atoms with Gasteiger partial charge in [0.15, 0.2) is 0 Å². The molecule has 0 unspecified atom stereocenters. The minimum absolute atomic E-state index is 0.187. The molecule has 0 saturated carbocycles. The van der Waals surface area contributed by atoms with Gasteiger partial charge in [-0.1, -0.05) is 0 Å². The van der Waals surface area contributed by atoms with Gasteiger partial charge >= 0.3 is 0 Å². The fourth-order valence-corrected chi connectivity index (χ4v) is 2.21. The summed E-state index contributed by atoms with van der Waals surface area (Å²) >= 11 is 0. The van der Waals surface area contributed by atoms with Crippen LogP contribution in [0.1, 0.15) is 12.2 Å². The SMILES string of the molecule is O=C(CCc1ccco1)N1CCN(CCO)CC1. The molecule has 0 aromatic carbocycles. The van der Waals surface area contributed by atoms with E-state index in [0.29, 0.717) is 19.4 Å². The highest BCUT2D eigenvalue weighted by Gasteiger charge is 2.20. The third-order valence-corrected chi connectivity index (χ3v) is 3.31. The lowest BCUT2D eigenvalue weighted by molar-refractivity contribution is -0.133. The maximum atomic E-state index is 12.0. The zero-order valence-electron chi connectivity index (χ0n) is 10.5. The summed E-state index contributed by atoms with van der Waals surface area (Å²) in [6, 6.07) is 3.74. The molecular weight excluding hydrogens is 232 g/mol. The average Bonchev–Trinajstić information content (AvgIpc) is 2.90. The Balaban J connectivity index is 1.70. The van der Waals surface area contributed by atoms with Crippen LogP contribution in [0.3, 0.4) is 0 Å². The number of carbonyl (C=O) groups excluding carboxylic acids is 1. The Hall–Kier alpha value is -1.33. The summed E-state index contributed by atoms with van der Waals surface area (Å²) in [5.74, 6) is 1.05. The third-order valence-electron chi connectivity index (χ3n) is 3.31. The van der Waals surface area contributed by atoms with Gasteiger partial charge in [0.05, 0.1) is 12.9 Å². The predicted octanol–water partition coefficient (Wildman–Crippen LogP) is 0.349. The van der Waals surface area contributed by atoms with E-state index in [0.717, 1.165) is 31.9 Å². The Bertz CT molecular complexity index is 356. The summed E-state index contributed by atoms with van der Waals surface area (Å²) in [5, 5.41) is 8.85. The van der Waals surface area contributed by atoms with Gasteiger partial charge in [0.2, 0.25) is 5.91 Å². The lowest BCUT2D eigenvalue weighted by Crippen LogP contribution is -2.49. The molecule has 0 radical (unpaired) electrons. The molecule has 5 heteroatoms. The van der Waals surface area contributed by atoms with Crippen LogP contribution < -0.4 is 0 Å². The molecule has 1 aliphatic rings. The van der Waals surface area contributed by atoms with Gasteiger partial charge in [-0.3, -0.25) is 9.69 Å². The van der Waals surface area contributed by atoms with Gasteiger partial charge < -0.3 is 14.4 Å². The molecule has 0 aliphatic carbocycles. The van der Waals surface area contributed by atoms with Crippen LogP contribution in [0.2, 0.25) is 0 Å². The number of aliphatic hydroxyl groups is 1. The van der Waals surface area contributed by atoms with Crippen LogP contribution in [0.25, 0.3) is 0 Å². The molecule has 0 atom stereocenters. The van der Waals surface area contributed by atoms with Crippen molar-refractivity contribution in [1.82, 2.24) is 9.80 Å². The Morgan fingerprint density at radius 2 is 2.11 bits per heavy atom. The Labute approximate surface area is 107 Å². The maximum Gasteiger partial charge on any atom is 0.223 e. The molecule has 0 spiro atoms. The number of aryl methyl sites for hydroxylation is 1. The van der Waals surface area contributed by atoms with Crippen LogP contribution in [0, 0.1) is 0 Å². The number of piperazine rings is 1. The molecule has 5 nitrogen and oxygen atoms in total. The monoisotopic (exact) mass is 252 g/mol. The van der Waals surface area contributed by atoms with Gasteiger partial charge in [0, 0.05) is 45.6 Å². The normalized spacial score (nSPS) is 17.1. The number of aliphatic hydroxyl groups excluding tert-OH is 1. The van der Waals surface area contributed by atoms with Crippen molar-refractivity contribution in [1.29, 1.82) is 0 Å². The maximum absolute atomic E-state index is 12.0. The van der Waals surface area contributed by atoms with E-state index >= 15 is 0 Å². The van der Waals surface area contributed by atoms with E-state index < -0.39 is 0 Å². The number of carbonyl (C=O) groups is 1. The minimum atomic E-state index is 0.187. The quantitative estimate of drug-likeness (QED) is 0.821. The zero-order valence-corrected chi connectivity index (χ0v) is 10.5. The van der Waals surface area contributed by atoms with Gasteiger partial charge in [-0.15, -0.1) is 0 Å². The molecule has 18 heavy (non-hydrogen) atoms. The van der Waals surface area contributed by atoms with E-state index in [1.54, 1.807) is 6.26 Å². The first-order chi connectivity index (χ1) is 8.79. The summed E-state index contributed by atoms with van der Waals surface area (Å²) in [6.45, 7) is 4.12. The van der Waals surface area contributed by atoms with Crippen molar-refractivity contribution in [2.24, 2.45) is 0 Å². The Morgan fingerprint density at radius 1 is 1.33 bits per heavy atom. The fourth-order valence-electron chi connectivity index (χ4n) is 2.21. The molecule has 1 aromatic heterocycles. The van der Waals surface area contributed by atoms with Gasteiger partial charge in [-0.2, -0.15) is 0 Å². The van der Waals surface area contributed by atoms with E-state index in [2.05, 4.69) is 4.90 Å².